The van der Waals surface area contributed by atoms with Gasteiger partial charge < -0.3 is 30.1 Å². The number of piperazine rings is 1. The topological polar surface area (TPSA) is 68.8 Å². The summed E-state index contributed by atoms with van der Waals surface area (Å²) in [6.45, 7) is 9.70. The first-order valence-corrected chi connectivity index (χ1v) is 13.4. The van der Waals surface area contributed by atoms with E-state index in [9.17, 15) is 0 Å². The highest BCUT2D eigenvalue weighted by molar-refractivity contribution is 7.80. The molecular formula is C26H37N7OS. The second-order valence-corrected chi connectivity index (χ2v) is 10.3. The first-order chi connectivity index (χ1) is 17.1. The molecule has 0 aliphatic carbocycles. The lowest BCUT2D eigenvalue weighted by Gasteiger charge is -2.37. The van der Waals surface area contributed by atoms with Crippen LogP contribution >= 0.6 is 12.2 Å². The summed E-state index contributed by atoms with van der Waals surface area (Å²) < 4.78 is 5.70. The van der Waals surface area contributed by atoms with Crippen LogP contribution in [0.15, 0.2) is 36.4 Å². The number of thiocarbonyl (C=S) groups is 1. The van der Waals surface area contributed by atoms with Gasteiger partial charge in [0, 0.05) is 64.2 Å². The third kappa shape index (κ3) is 6.32. The molecule has 3 aliphatic rings. The van der Waals surface area contributed by atoms with E-state index in [0.29, 0.717) is 23.5 Å². The average molecular weight is 496 g/mol. The summed E-state index contributed by atoms with van der Waals surface area (Å²) in [5.41, 5.74) is 1.28. The number of benzene rings is 1. The average Bonchev–Trinajstić information content (AvgIpc) is 3.42. The van der Waals surface area contributed by atoms with Gasteiger partial charge in [0.1, 0.15) is 11.6 Å². The van der Waals surface area contributed by atoms with Crippen molar-refractivity contribution >= 4 is 40.6 Å². The van der Waals surface area contributed by atoms with Gasteiger partial charge in [-0.2, -0.15) is 9.97 Å². The summed E-state index contributed by atoms with van der Waals surface area (Å²) in [5.74, 6) is 3.18. The molecule has 2 unspecified atom stereocenters. The lowest BCUT2D eigenvalue weighted by molar-refractivity contribution is 0.114. The Labute approximate surface area is 214 Å². The van der Waals surface area contributed by atoms with E-state index in [4.69, 9.17) is 26.9 Å². The van der Waals surface area contributed by atoms with Gasteiger partial charge in [-0.1, -0.05) is 25.1 Å². The Morgan fingerprint density at radius 2 is 1.71 bits per heavy atom. The third-order valence-electron chi connectivity index (χ3n) is 7.14. The van der Waals surface area contributed by atoms with Gasteiger partial charge in [0.25, 0.3) is 0 Å². The van der Waals surface area contributed by atoms with E-state index in [0.717, 1.165) is 70.4 Å². The molecule has 0 saturated carbocycles. The Kier molecular flexibility index (Phi) is 7.83. The monoisotopic (exact) mass is 495 g/mol. The fourth-order valence-corrected chi connectivity index (χ4v) is 5.36. The molecule has 3 saturated heterocycles. The van der Waals surface area contributed by atoms with E-state index < -0.39 is 0 Å². The Balaban J connectivity index is 1.29. The summed E-state index contributed by atoms with van der Waals surface area (Å²) in [6, 6.07) is 12.8. The molecule has 4 heterocycles. The SMILES string of the molecule is CC1CCCN(c2cc(N3CCN(c4ccccc4)CC3)nc(NC(=S)NCC3CCCO3)n2)C1. The van der Waals surface area contributed by atoms with Crippen molar-refractivity contribution in [2.24, 2.45) is 5.92 Å². The van der Waals surface area contributed by atoms with Crippen LogP contribution in [0.2, 0.25) is 0 Å². The molecule has 35 heavy (non-hydrogen) atoms. The van der Waals surface area contributed by atoms with Crippen molar-refractivity contribution in [2.75, 3.05) is 72.4 Å². The normalized spacial score (nSPS) is 22.8. The van der Waals surface area contributed by atoms with Gasteiger partial charge in [-0.15, -0.1) is 0 Å². The lowest BCUT2D eigenvalue weighted by Crippen LogP contribution is -2.47. The molecule has 1 aromatic heterocycles. The minimum absolute atomic E-state index is 0.230. The van der Waals surface area contributed by atoms with Crippen molar-refractivity contribution in [3.8, 4) is 0 Å². The molecule has 0 amide bonds. The molecule has 8 nitrogen and oxygen atoms in total. The molecule has 0 bridgehead atoms. The van der Waals surface area contributed by atoms with Crippen molar-refractivity contribution < 1.29 is 4.74 Å². The Morgan fingerprint density at radius 1 is 0.971 bits per heavy atom. The third-order valence-corrected chi connectivity index (χ3v) is 7.39. The van der Waals surface area contributed by atoms with Gasteiger partial charge in [0.2, 0.25) is 5.95 Å². The van der Waals surface area contributed by atoms with Crippen LogP contribution in [0.25, 0.3) is 0 Å². The molecule has 3 aliphatic heterocycles. The standard InChI is InChI=1S/C26H37N7OS/c1-20-7-5-11-33(19-20)24-17-23(32-14-12-31(13-15-32)21-8-3-2-4-9-21)28-25(29-24)30-26(35)27-18-22-10-6-16-34-22/h2-4,8-9,17,20,22H,5-7,10-16,18-19H2,1H3,(H2,27,28,29,30,35). The summed E-state index contributed by atoms with van der Waals surface area (Å²) in [7, 11) is 0. The van der Waals surface area contributed by atoms with Crippen LogP contribution < -0.4 is 25.3 Å². The zero-order valence-corrected chi connectivity index (χ0v) is 21.5. The Hall–Kier alpha value is -2.65. The van der Waals surface area contributed by atoms with E-state index >= 15 is 0 Å². The highest BCUT2D eigenvalue weighted by Gasteiger charge is 2.23. The summed E-state index contributed by atoms with van der Waals surface area (Å²) >= 11 is 5.57. The number of hydrogen-bond donors (Lipinski definition) is 2. The number of para-hydroxylation sites is 1. The fraction of sp³-hybridized carbons (Fsp3) is 0.577. The van der Waals surface area contributed by atoms with Crippen LogP contribution in [0.3, 0.4) is 0 Å². The van der Waals surface area contributed by atoms with Gasteiger partial charge in [0.05, 0.1) is 6.10 Å². The minimum atomic E-state index is 0.230. The van der Waals surface area contributed by atoms with Crippen LogP contribution in [0.4, 0.5) is 23.3 Å². The Morgan fingerprint density at radius 3 is 2.43 bits per heavy atom. The van der Waals surface area contributed by atoms with Crippen LogP contribution in [-0.4, -0.2) is 73.6 Å². The van der Waals surface area contributed by atoms with E-state index in [2.05, 4.69) is 68.7 Å². The molecule has 2 N–H and O–H groups in total. The largest absolute Gasteiger partial charge is 0.376 e. The number of piperidine rings is 1. The number of ether oxygens (including phenoxy) is 1. The van der Waals surface area contributed by atoms with Crippen molar-refractivity contribution in [2.45, 2.75) is 38.7 Å². The number of anilines is 4. The predicted molar refractivity (Wildman–Crippen MR) is 147 cm³/mol. The van der Waals surface area contributed by atoms with Gasteiger partial charge in [-0.05, 0) is 56.0 Å². The zero-order chi connectivity index (χ0) is 24.0. The maximum absolute atomic E-state index is 5.70. The van der Waals surface area contributed by atoms with E-state index in [1.165, 1.54) is 18.5 Å². The molecule has 2 atom stereocenters. The van der Waals surface area contributed by atoms with Crippen LogP contribution in [0.5, 0.6) is 0 Å². The summed E-state index contributed by atoms with van der Waals surface area (Å²) in [5, 5.41) is 7.08. The second-order valence-electron chi connectivity index (χ2n) is 9.88. The van der Waals surface area contributed by atoms with Gasteiger partial charge in [0.15, 0.2) is 5.11 Å². The molecule has 9 heteroatoms. The molecular weight excluding hydrogens is 458 g/mol. The van der Waals surface area contributed by atoms with Crippen LogP contribution in [0.1, 0.15) is 32.6 Å². The summed E-state index contributed by atoms with van der Waals surface area (Å²) in [4.78, 5) is 17.0. The summed E-state index contributed by atoms with van der Waals surface area (Å²) in [6.07, 6.45) is 4.90. The smallest absolute Gasteiger partial charge is 0.232 e. The molecule has 1 aromatic carbocycles. The van der Waals surface area contributed by atoms with E-state index in [-0.39, 0.29) is 6.10 Å². The second kappa shape index (κ2) is 11.4. The number of rotatable bonds is 6. The number of hydrogen-bond acceptors (Lipinski definition) is 7. The highest BCUT2D eigenvalue weighted by Crippen LogP contribution is 2.27. The first kappa shape index (κ1) is 24.1. The van der Waals surface area contributed by atoms with Gasteiger partial charge in [-0.3, -0.25) is 0 Å². The highest BCUT2D eigenvalue weighted by atomic mass is 32.1. The van der Waals surface area contributed by atoms with Crippen molar-refractivity contribution in [3.05, 3.63) is 36.4 Å². The Bertz CT molecular complexity index is 977. The van der Waals surface area contributed by atoms with Gasteiger partial charge in [-0.25, -0.2) is 0 Å². The number of nitrogens with zero attached hydrogens (tertiary/aromatic N) is 5. The fourth-order valence-electron chi connectivity index (χ4n) is 5.19. The first-order valence-electron chi connectivity index (χ1n) is 13.0. The van der Waals surface area contributed by atoms with Gasteiger partial charge >= 0.3 is 0 Å². The van der Waals surface area contributed by atoms with Crippen molar-refractivity contribution in [1.29, 1.82) is 0 Å². The van der Waals surface area contributed by atoms with E-state index in [1.807, 2.05) is 0 Å². The zero-order valence-electron chi connectivity index (χ0n) is 20.7. The molecule has 3 fully saturated rings. The maximum Gasteiger partial charge on any atom is 0.232 e. The quantitative estimate of drug-likeness (QED) is 0.586. The van der Waals surface area contributed by atoms with E-state index in [1.54, 1.807) is 0 Å². The molecule has 2 aromatic rings. The minimum Gasteiger partial charge on any atom is -0.376 e. The van der Waals surface area contributed by atoms with Crippen LogP contribution in [-0.2, 0) is 4.74 Å². The predicted octanol–water partition coefficient (Wildman–Crippen LogP) is 3.50. The van der Waals surface area contributed by atoms with Crippen molar-refractivity contribution in [3.63, 3.8) is 0 Å². The molecule has 188 valence electrons. The molecule has 0 radical (unpaired) electrons. The molecule has 0 spiro atoms. The van der Waals surface area contributed by atoms with Crippen LogP contribution in [0, 0.1) is 5.92 Å². The number of nitrogens with one attached hydrogen (secondary N) is 2. The molecule has 5 rings (SSSR count). The maximum atomic E-state index is 5.70. The number of aromatic nitrogens is 2. The lowest BCUT2D eigenvalue weighted by atomic mass is 10.0. The van der Waals surface area contributed by atoms with Crippen molar-refractivity contribution in [1.82, 2.24) is 15.3 Å².